The molecule has 0 aromatic heterocycles. The molecule has 0 aliphatic heterocycles. The Kier molecular flexibility index (Phi) is 15.2. The Labute approximate surface area is 123 Å². The normalized spacial score (nSPS) is 22.1. The van der Waals surface area contributed by atoms with Crippen LogP contribution < -0.4 is 0 Å². The fourth-order valence-electron chi connectivity index (χ4n) is 2.91. The largest absolute Gasteiger partial charge is 0.106 e. The summed E-state index contributed by atoms with van der Waals surface area (Å²) in [6.45, 7) is 14.9. The molecule has 0 nitrogen and oxygen atoms in total. The van der Waals surface area contributed by atoms with Crippen molar-refractivity contribution in [3.8, 4) is 0 Å². The van der Waals surface area contributed by atoms with Crippen LogP contribution in [0.15, 0.2) is 25.3 Å². The smallest absolute Gasteiger partial charge is 0.0292 e. The van der Waals surface area contributed by atoms with Gasteiger partial charge in [0.1, 0.15) is 0 Å². The lowest BCUT2D eigenvalue weighted by Gasteiger charge is -2.30. The second kappa shape index (κ2) is 13.9. The van der Waals surface area contributed by atoms with E-state index in [1.165, 1.54) is 69.8 Å². The van der Waals surface area contributed by atoms with Crippen LogP contribution in [0.5, 0.6) is 0 Å². The van der Waals surface area contributed by atoms with E-state index in [-0.39, 0.29) is 7.43 Å². The van der Waals surface area contributed by atoms with Crippen molar-refractivity contribution in [1.29, 1.82) is 0 Å². The maximum atomic E-state index is 4.17. The lowest BCUT2D eigenvalue weighted by atomic mass is 9.76. The van der Waals surface area contributed by atoms with E-state index in [0.717, 1.165) is 11.8 Å². The van der Waals surface area contributed by atoms with E-state index in [1.807, 2.05) is 0 Å². The maximum Gasteiger partial charge on any atom is -0.0292 e. The quantitative estimate of drug-likeness (QED) is 0.338. The first kappa shape index (κ1) is 20.8. The molecule has 0 bridgehead atoms. The van der Waals surface area contributed by atoms with Crippen LogP contribution in [0.3, 0.4) is 0 Å². The van der Waals surface area contributed by atoms with Gasteiger partial charge < -0.3 is 0 Å². The average Bonchev–Trinajstić information content (AvgIpc) is 2.40. The Hall–Kier alpha value is -0.520. The van der Waals surface area contributed by atoms with Gasteiger partial charge in [0.25, 0.3) is 0 Å². The lowest BCUT2D eigenvalue weighted by molar-refractivity contribution is 0.274. The summed E-state index contributed by atoms with van der Waals surface area (Å²) >= 11 is 0. The van der Waals surface area contributed by atoms with Crippen molar-refractivity contribution >= 4 is 0 Å². The van der Waals surface area contributed by atoms with Gasteiger partial charge in [-0.2, -0.15) is 0 Å². The highest BCUT2D eigenvalue weighted by Crippen LogP contribution is 2.35. The van der Waals surface area contributed by atoms with Gasteiger partial charge in [-0.05, 0) is 37.5 Å². The fourth-order valence-corrected chi connectivity index (χ4v) is 2.91. The first-order valence-corrected chi connectivity index (χ1v) is 7.90. The second-order valence-corrected chi connectivity index (χ2v) is 5.79. The van der Waals surface area contributed by atoms with Crippen LogP contribution in [0.25, 0.3) is 0 Å². The van der Waals surface area contributed by atoms with Gasteiger partial charge in [-0.1, -0.05) is 72.0 Å². The second-order valence-electron chi connectivity index (χ2n) is 5.79. The van der Waals surface area contributed by atoms with Crippen LogP contribution in [0.4, 0.5) is 0 Å². The molecule has 0 radical (unpaired) electrons. The molecule has 114 valence electrons. The topological polar surface area (TPSA) is 0 Å². The van der Waals surface area contributed by atoms with Gasteiger partial charge in [0, 0.05) is 0 Å². The number of hydrogen-bond acceptors (Lipinski definition) is 0. The van der Waals surface area contributed by atoms with Gasteiger partial charge in [-0.25, -0.2) is 0 Å². The molecule has 1 saturated carbocycles. The van der Waals surface area contributed by atoms with Gasteiger partial charge in [0.15, 0.2) is 0 Å². The molecule has 0 saturated heterocycles. The molecule has 1 rings (SSSR count). The number of unbranched alkanes of at least 4 members (excludes halogenated alkanes) is 5. The summed E-state index contributed by atoms with van der Waals surface area (Å²) in [7, 11) is 0. The van der Waals surface area contributed by atoms with E-state index in [4.69, 9.17) is 0 Å². The van der Waals surface area contributed by atoms with Crippen molar-refractivity contribution in [3.63, 3.8) is 0 Å². The van der Waals surface area contributed by atoms with E-state index in [2.05, 4.69) is 33.6 Å². The third kappa shape index (κ3) is 9.99. The predicted octanol–water partition coefficient (Wildman–Crippen LogP) is 7.17. The van der Waals surface area contributed by atoms with E-state index < -0.39 is 0 Å². The molecule has 0 spiro atoms. The van der Waals surface area contributed by atoms with Crippen molar-refractivity contribution in [2.45, 2.75) is 85.5 Å². The van der Waals surface area contributed by atoms with Crippen molar-refractivity contribution in [2.75, 3.05) is 0 Å². The van der Waals surface area contributed by atoms with Gasteiger partial charge in [0.05, 0.1) is 0 Å². The first-order valence-electron chi connectivity index (χ1n) is 7.90. The van der Waals surface area contributed by atoms with E-state index >= 15 is 0 Å². The van der Waals surface area contributed by atoms with Gasteiger partial charge in [0.2, 0.25) is 0 Å². The summed E-state index contributed by atoms with van der Waals surface area (Å²) in [5, 5.41) is 0. The number of rotatable bonds is 7. The third-order valence-electron chi connectivity index (χ3n) is 4.24. The minimum Gasteiger partial charge on any atom is -0.106 e. The molecule has 19 heavy (non-hydrogen) atoms. The molecule has 0 heteroatoms. The minimum atomic E-state index is 0. The third-order valence-corrected chi connectivity index (χ3v) is 4.24. The Bertz CT molecular complexity index is 204. The maximum absolute atomic E-state index is 4.17. The molecular formula is C19H38. The van der Waals surface area contributed by atoms with Gasteiger partial charge in [-0.15, -0.1) is 13.2 Å². The molecule has 0 amide bonds. The molecule has 2 atom stereocenters. The predicted molar refractivity (Wildman–Crippen MR) is 91.6 cm³/mol. The molecular weight excluding hydrogens is 228 g/mol. The highest BCUT2D eigenvalue weighted by atomic mass is 14.3. The Morgan fingerprint density at radius 3 is 2.26 bits per heavy atom. The minimum absolute atomic E-state index is 0. The molecule has 0 aromatic carbocycles. The number of allylic oxidation sites excluding steroid dienone is 1. The van der Waals surface area contributed by atoms with Crippen LogP contribution >= 0.6 is 0 Å². The monoisotopic (exact) mass is 266 g/mol. The Morgan fingerprint density at radius 1 is 1.05 bits per heavy atom. The summed E-state index contributed by atoms with van der Waals surface area (Å²) in [6, 6.07) is 0. The van der Waals surface area contributed by atoms with Crippen LogP contribution in [0.2, 0.25) is 0 Å². The molecule has 0 heterocycles. The van der Waals surface area contributed by atoms with Gasteiger partial charge >= 0.3 is 0 Å². The summed E-state index contributed by atoms with van der Waals surface area (Å²) in [5.74, 6) is 1.90. The highest BCUT2D eigenvalue weighted by molar-refractivity contribution is 5.00. The zero-order valence-corrected chi connectivity index (χ0v) is 12.8. The highest BCUT2D eigenvalue weighted by Gasteiger charge is 2.22. The standard InChI is InChI=1S/C16H30.C2H4.CH4/c1-4-5-6-7-8-9-10-16-13-14(2)11-12-15(16)3;1-2;/h15-16H,2,4-13H2,1,3H3;1-2H2;1H4. The van der Waals surface area contributed by atoms with E-state index in [1.54, 1.807) is 0 Å². The average molecular weight is 267 g/mol. The van der Waals surface area contributed by atoms with E-state index in [0.29, 0.717) is 0 Å². The first-order chi connectivity index (χ1) is 8.74. The van der Waals surface area contributed by atoms with Crippen LogP contribution in [0.1, 0.15) is 85.5 Å². The Balaban J connectivity index is 0. The van der Waals surface area contributed by atoms with Gasteiger partial charge in [-0.3, -0.25) is 0 Å². The molecule has 0 N–H and O–H groups in total. The fraction of sp³-hybridized carbons (Fsp3) is 0.789. The Morgan fingerprint density at radius 2 is 1.63 bits per heavy atom. The lowest BCUT2D eigenvalue weighted by Crippen LogP contribution is -2.17. The summed E-state index contributed by atoms with van der Waals surface area (Å²) in [5.41, 5.74) is 1.51. The van der Waals surface area contributed by atoms with E-state index in [9.17, 15) is 0 Å². The SMILES string of the molecule is C.C=C.C=C1CCC(C)C(CCCCCCCC)C1. The zero-order chi connectivity index (χ0) is 13.8. The van der Waals surface area contributed by atoms with Crippen molar-refractivity contribution in [3.05, 3.63) is 25.3 Å². The van der Waals surface area contributed by atoms with Crippen molar-refractivity contribution < 1.29 is 0 Å². The molecule has 1 aliphatic rings. The number of hydrogen-bond donors (Lipinski definition) is 0. The summed E-state index contributed by atoms with van der Waals surface area (Å²) in [4.78, 5) is 0. The van der Waals surface area contributed by atoms with Crippen molar-refractivity contribution in [1.82, 2.24) is 0 Å². The van der Waals surface area contributed by atoms with Crippen LogP contribution in [-0.4, -0.2) is 0 Å². The summed E-state index contributed by atoms with van der Waals surface area (Å²) < 4.78 is 0. The van der Waals surface area contributed by atoms with Crippen LogP contribution in [-0.2, 0) is 0 Å². The molecule has 2 unspecified atom stereocenters. The summed E-state index contributed by atoms with van der Waals surface area (Å²) in [6.07, 6.45) is 14.0. The molecule has 1 aliphatic carbocycles. The zero-order valence-electron chi connectivity index (χ0n) is 12.8. The van der Waals surface area contributed by atoms with Crippen LogP contribution in [0, 0.1) is 11.8 Å². The molecule has 1 fully saturated rings. The van der Waals surface area contributed by atoms with Crippen molar-refractivity contribution in [2.24, 2.45) is 11.8 Å². The molecule has 0 aromatic rings.